The molecule has 1 aromatic heterocycles. The Morgan fingerprint density at radius 3 is 2.12 bits per heavy atom. The zero-order valence-electron chi connectivity index (χ0n) is 18.1. The number of nitrogens with one attached hydrogen (secondary N) is 3. The van der Waals surface area contributed by atoms with Crippen molar-refractivity contribution in [3.63, 3.8) is 0 Å². The Morgan fingerprint density at radius 2 is 1.58 bits per heavy atom. The van der Waals surface area contributed by atoms with E-state index in [1.54, 1.807) is 48.7 Å². The van der Waals surface area contributed by atoms with Crippen LogP contribution < -0.4 is 25.8 Å². The summed E-state index contributed by atoms with van der Waals surface area (Å²) in [5.74, 6) is -0.530. The molecule has 10 heteroatoms. The van der Waals surface area contributed by atoms with Gasteiger partial charge in [-0.2, -0.15) is 0 Å². The summed E-state index contributed by atoms with van der Waals surface area (Å²) in [6.45, 7) is 0. The van der Waals surface area contributed by atoms with E-state index in [4.69, 9.17) is 20.3 Å². The minimum Gasteiger partial charge on any atom is -0.497 e. The van der Waals surface area contributed by atoms with Crippen molar-refractivity contribution in [3.8, 4) is 22.6 Å². The second kappa shape index (κ2) is 10.2. The highest BCUT2D eigenvalue weighted by molar-refractivity contribution is 6.01. The molecule has 0 aliphatic carbocycles. The fourth-order valence-corrected chi connectivity index (χ4v) is 3.32. The van der Waals surface area contributed by atoms with Gasteiger partial charge in [0, 0.05) is 47.8 Å². The average molecular weight is 452 g/mol. The SMILES string of the molecule is COc1cc(NC(=O)Nc2ccc(-c3c(CCC(=O)O)c[nH]c3C(N)=O)cc2)cc(OC)c1. The number of benzene rings is 2. The minimum atomic E-state index is -0.943. The molecule has 3 aromatic rings. The van der Waals surface area contributed by atoms with Gasteiger partial charge in [-0.15, -0.1) is 0 Å². The molecule has 0 saturated carbocycles. The highest BCUT2D eigenvalue weighted by Gasteiger charge is 2.18. The lowest BCUT2D eigenvalue weighted by atomic mass is 9.98. The van der Waals surface area contributed by atoms with Crippen LogP contribution in [-0.2, 0) is 11.2 Å². The molecule has 10 nitrogen and oxygen atoms in total. The Bertz CT molecular complexity index is 1150. The van der Waals surface area contributed by atoms with E-state index in [1.165, 1.54) is 14.2 Å². The van der Waals surface area contributed by atoms with Gasteiger partial charge in [-0.05, 0) is 29.7 Å². The first-order valence-electron chi connectivity index (χ1n) is 9.94. The predicted octanol–water partition coefficient (Wildman–Crippen LogP) is 3.46. The third kappa shape index (κ3) is 5.82. The maximum atomic E-state index is 12.4. The number of urea groups is 1. The van der Waals surface area contributed by atoms with E-state index >= 15 is 0 Å². The van der Waals surface area contributed by atoms with E-state index in [9.17, 15) is 14.4 Å². The maximum Gasteiger partial charge on any atom is 0.323 e. The third-order valence-corrected chi connectivity index (χ3v) is 4.86. The summed E-state index contributed by atoms with van der Waals surface area (Å²) in [6.07, 6.45) is 1.74. The summed E-state index contributed by atoms with van der Waals surface area (Å²) >= 11 is 0. The molecular weight excluding hydrogens is 428 g/mol. The fourth-order valence-electron chi connectivity index (χ4n) is 3.32. The largest absolute Gasteiger partial charge is 0.497 e. The zero-order valence-corrected chi connectivity index (χ0v) is 18.1. The number of hydrogen-bond acceptors (Lipinski definition) is 5. The highest BCUT2D eigenvalue weighted by Crippen LogP contribution is 2.30. The molecule has 0 aliphatic rings. The number of carbonyl (C=O) groups is 3. The van der Waals surface area contributed by atoms with Crippen molar-refractivity contribution in [1.82, 2.24) is 4.98 Å². The van der Waals surface area contributed by atoms with Gasteiger partial charge < -0.3 is 35.9 Å². The van der Waals surface area contributed by atoms with Gasteiger partial charge in [-0.1, -0.05) is 12.1 Å². The first-order chi connectivity index (χ1) is 15.8. The smallest absolute Gasteiger partial charge is 0.323 e. The van der Waals surface area contributed by atoms with Crippen molar-refractivity contribution >= 4 is 29.3 Å². The molecule has 172 valence electrons. The quantitative estimate of drug-likeness (QED) is 0.335. The molecular formula is C23H24N4O6. The number of aliphatic carboxylic acids is 1. The molecule has 0 fully saturated rings. The van der Waals surface area contributed by atoms with Crippen LogP contribution in [-0.4, -0.2) is 42.2 Å². The van der Waals surface area contributed by atoms with E-state index in [1.807, 2.05) is 0 Å². The minimum absolute atomic E-state index is 0.0854. The molecule has 0 radical (unpaired) electrons. The number of nitrogens with two attached hydrogens (primary N) is 1. The summed E-state index contributed by atoms with van der Waals surface area (Å²) in [5.41, 5.74) is 8.52. The Balaban J connectivity index is 1.76. The van der Waals surface area contributed by atoms with Crippen LogP contribution in [0.3, 0.4) is 0 Å². The second-order valence-electron chi connectivity index (χ2n) is 7.08. The van der Waals surface area contributed by atoms with Gasteiger partial charge in [0.1, 0.15) is 17.2 Å². The lowest BCUT2D eigenvalue weighted by Gasteiger charge is -2.11. The number of ether oxygens (including phenoxy) is 2. The lowest BCUT2D eigenvalue weighted by molar-refractivity contribution is -0.136. The summed E-state index contributed by atoms with van der Waals surface area (Å²) in [5, 5.41) is 14.4. The van der Waals surface area contributed by atoms with Gasteiger partial charge >= 0.3 is 12.0 Å². The van der Waals surface area contributed by atoms with E-state index < -0.39 is 17.9 Å². The summed E-state index contributed by atoms with van der Waals surface area (Å²) < 4.78 is 10.4. The molecule has 0 atom stereocenters. The van der Waals surface area contributed by atoms with Crippen LogP contribution in [0.15, 0.2) is 48.7 Å². The third-order valence-electron chi connectivity index (χ3n) is 4.86. The summed E-state index contributed by atoms with van der Waals surface area (Å²) in [4.78, 5) is 38.0. The van der Waals surface area contributed by atoms with Crippen molar-refractivity contribution in [3.05, 3.63) is 59.9 Å². The molecule has 1 heterocycles. The van der Waals surface area contributed by atoms with Crippen LogP contribution in [0.1, 0.15) is 22.5 Å². The zero-order chi connectivity index (χ0) is 24.0. The monoisotopic (exact) mass is 452 g/mol. The van der Waals surface area contributed by atoms with Gasteiger partial charge in [0.15, 0.2) is 0 Å². The van der Waals surface area contributed by atoms with E-state index in [0.717, 1.165) is 0 Å². The number of carboxylic acids is 1. The highest BCUT2D eigenvalue weighted by atomic mass is 16.5. The summed E-state index contributed by atoms with van der Waals surface area (Å²) in [6, 6.07) is 11.3. The van der Waals surface area contributed by atoms with Gasteiger partial charge in [-0.3, -0.25) is 9.59 Å². The number of aromatic nitrogens is 1. The second-order valence-corrected chi connectivity index (χ2v) is 7.08. The molecule has 3 rings (SSSR count). The van der Waals surface area contributed by atoms with Gasteiger partial charge in [0.25, 0.3) is 5.91 Å². The maximum absolute atomic E-state index is 12.4. The standard InChI is InChI=1S/C23H24N4O6/c1-32-17-9-16(10-18(11-17)33-2)27-23(31)26-15-6-3-13(4-7-15)20-14(5-8-19(28)29)12-25-21(20)22(24)30/h3-4,6-7,9-12,25H,5,8H2,1-2H3,(H2,24,30)(H,28,29)(H2,26,27,31). The normalized spacial score (nSPS) is 10.4. The van der Waals surface area contributed by atoms with Crippen LogP contribution in [0.4, 0.5) is 16.2 Å². The van der Waals surface area contributed by atoms with Gasteiger partial charge in [-0.25, -0.2) is 4.79 Å². The molecule has 0 aliphatic heterocycles. The molecule has 0 bridgehead atoms. The number of methoxy groups -OCH3 is 2. The number of carbonyl (C=O) groups excluding carboxylic acids is 2. The lowest BCUT2D eigenvalue weighted by Crippen LogP contribution is -2.19. The van der Waals surface area contributed by atoms with Crippen LogP contribution in [0.25, 0.3) is 11.1 Å². The Labute approximate surface area is 189 Å². The van der Waals surface area contributed by atoms with E-state index in [0.29, 0.717) is 39.6 Å². The van der Waals surface area contributed by atoms with Gasteiger partial charge in [0.2, 0.25) is 0 Å². The van der Waals surface area contributed by atoms with Crippen molar-refractivity contribution < 1.29 is 29.0 Å². The van der Waals surface area contributed by atoms with Crippen LogP contribution in [0.2, 0.25) is 0 Å². The van der Waals surface area contributed by atoms with Crippen molar-refractivity contribution in [2.75, 3.05) is 24.9 Å². The molecule has 2 aromatic carbocycles. The van der Waals surface area contributed by atoms with Crippen molar-refractivity contribution in [1.29, 1.82) is 0 Å². The predicted molar refractivity (Wildman–Crippen MR) is 123 cm³/mol. The fraction of sp³-hybridized carbons (Fsp3) is 0.174. The Morgan fingerprint density at radius 1 is 0.970 bits per heavy atom. The molecule has 33 heavy (non-hydrogen) atoms. The Kier molecular flexibility index (Phi) is 7.19. The number of amides is 3. The first kappa shape index (κ1) is 23.2. The van der Waals surface area contributed by atoms with E-state index in [2.05, 4.69) is 15.6 Å². The topological polar surface area (TPSA) is 156 Å². The van der Waals surface area contributed by atoms with Crippen LogP contribution in [0.5, 0.6) is 11.5 Å². The van der Waals surface area contributed by atoms with Crippen LogP contribution in [0, 0.1) is 0 Å². The number of anilines is 2. The first-order valence-corrected chi connectivity index (χ1v) is 9.94. The summed E-state index contributed by atoms with van der Waals surface area (Å²) in [7, 11) is 3.03. The molecule has 6 N–H and O–H groups in total. The number of H-pyrrole nitrogens is 1. The molecule has 0 unspecified atom stereocenters. The number of rotatable bonds is 9. The van der Waals surface area contributed by atoms with Crippen molar-refractivity contribution in [2.45, 2.75) is 12.8 Å². The number of carboxylic acid groups (broad SMARTS) is 1. The number of aryl methyl sites for hydroxylation is 1. The number of hydrogen-bond donors (Lipinski definition) is 5. The average Bonchev–Trinajstić information content (AvgIpc) is 3.22. The van der Waals surface area contributed by atoms with E-state index in [-0.39, 0.29) is 18.5 Å². The Hall–Kier alpha value is -4.47. The van der Waals surface area contributed by atoms with Gasteiger partial charge in [0.05, 0.1) is 14.2 Å². The number of primary amides is 1. The molecule has 0 saturated heterocycles. The number of aromatic amines is 1. The van der Waals surface area contributed by atoms with Crippen LogP contribution >= 0.6 is 0 Å². The van der Waals surface area contributed by atoms with Crippen molar-refractivity contribution in [2.24, 2.45) is 5.73 Å². The molecule has 0 spiro atoms. The molecule has 3 amide bonds.